The molecule has 7 unspecified atom stereocenters. The summed E-state index contributed by atoms with van der Waals surface area (Å²) in [7, 11) is 0. The molecule has 0 aromatic carbocycles. The summed E-state index contributed by atoms with van der Waals surface area (Å²) >= 11 is 0. The van der Waals surface area contributed by atoms with E-state index in [4.69, 9.17) is 0 Å². The molecule has 0 radical (unpaired) electrons. The Kier molecular flexibility index (Phi) is 7.79. The molecule has 2 aliphatic carbocycles. The third kappa shape index (κ3) is 4.81. The van der Waals surface area contributed by atoms with Crippen molar-refractivity contribution in [3.63, 3.8) is 0 Å². The summed E-state index contributed by atoms with van der Waals surface area (Å²) < 4.78 is 0. The van der Waals surface area contributed by atoms with Crippen LogP contribution in [0, 0.1) is 45.8 Å². The standard InChI is InChI=1S/C28H52O/c1-11-21-15-13-14-20(5)28(10,22(12-2)16-21)24-17-23(24)25(29)27(9,18-19(3)4)26(6,7)8/h18,20-25,29H,11-17H2,1-10H3/t20?,21?,22?,23?,24-,25?,27?,28?/m1/s1. The van der Waals surface area contributed by atoms with E-state index in [1.54, 1.807) is 0 Å². The molecule has 2 fully saturated rings. The van der Waals surface area contributed by atoms with E-state index in [1.165, 1.54) is 50.5 Å². The van der Waals surface area contributed by atoms with Crippen LogP contribution in [0.25, 0.3) is 0 Å². The second-order valence-corrected chi connectivity index (χ2v) is 12.5. The summed E-state index contributed by atoms with van der Waals surface area (Å²) in [6, 6.07) is 0. The zero-order valence-corrected chi connectivity index (χ0v) is 21.4. The quantitative estimate of drug-likeness (QED) is 0.442. The van der Waals surface area contributed by atoms with E-state index in [2.05, 4.69) is 75.3 Å². The second kappa shape index (κ2) is 9.05. The monoisotopic (exact) mass is 404 g/mol. The fourth-order valence-electron chi connectivity index (χ4n) is 6.91. The molecule has 2 rings (SSSR count). The van der Waals surface area contributed by atoms with Crippen molar-refractivity contribution in [1.82, 2.24) is 0 Å². The van der Waals surface area contributed by atoms with Crippen LogP contribution in [0.1, 0.15) is 114 Å². The first-order chi connectivity index (χ1) is 13.3. The van der Waals surface area contributed by atoms with Gasteiger partial charge < -0.3 is 5.11 Å². The van der Waals surface area contributed by atoms with E-state index in [1.807, 2.05) is 0 Å². The minimum absolute atomic E-state index is 0.0434. The summed E-state index contributed by atoms with van der Waals surface area (Å²) in [6.45, 7) is 23.5. The lowest BCUT2D eigenvalue weighted by atomic mass is 9.57. The van der Waals surface area contributed by atoms with Crippen LogP contribution in [-0.4, -0.2) is 11.2 Å². The van der Waals surface area contributed by atoms with Crippen LogP contribution in [0.15, 0.2) is 11.6 Å². The molecule has 0 aromatic rings. The highest BCUT2D eigenvalue weighted by Crippen LogP contribution is 2.65. The van der Waals surface area contributed by atoms with Crippen molar-refractivity contribution in [3.8, 4) is 0 Å². The first-order valence-corrected chi connectivity index (χ1v) is 12.7. The summed E-state index contributed by atoms with van der Waals surface area (Å²) in [5.74, 6) is 3.60. The first kappa shape index (κ1) is 25.0. The molecule has 0 amide bonds. The van der Waals surface area contributed by atoms with Crippen molar-refractivity contribution in [2.45, 2.75) is 120 Å². The van der Waals surface area contributed by atoms with Crippen LogP contribution in [0.5, 0.6) is 0 Å². The van der Waals surface area contributed by atoms with E-state index < -0.39 is 0 Å². The van der Waals surface area contributed by atoms with E-state index in [9.17, 15) is 5.11 Å². The van der Waals surface area contributed by atoms with E-state index >= 15 is 0 Å². The van der Waals surface area contributed by atoms with Crippen LogP contribution in [0.3, 0.4) is 0 Å². The Morgan fingerprint density at radius 3 is 2.17 bits per heavy atom. The normalized spacial score (nSPS) is 39.1. The Hall–Kier alpha value is -0.300. The summed E-state index contributed by atoms with van der Waals surface area (Å²) in [6.07, 6.45) is 11.5. The molecule has 0 aliphatic heterocycles. The Labute approximate surface area is 183 Å². The zero-order chi connectivity index (χ0) is 22.2. The molecule has 29 heavy (non-hydrogen) atoms. The van der Waals surface area contributed by atoms with Crippen LogP contribution in [-0.2, 0) is 0 Å². The number of aliphatic hydroxyl groups is 1. The molecule has 1 N–H and O–H groups in total. The molecule has 1 nitrogen and oxygen atoms in total. The molecule has 2 saturated carbocycles. The molecule has 0 heterocycles. The van der Waals surface area contributed by atoms with Crippen LogP contribution >= 0.6 is 0 Å². The topological polar surface area (TPSA) is 20.2 Å². The van der Waals surface area contributed by atoms with Gasteiger partial charge in [0.05, 0.1) is 6.10 Å². The second-order valence-electron chi connectivity index (χ2n) is 12.5. The average molecular weight is 405 g/mol. The maximum absolute atomic E-state index is 11.7. The van der Waals surface area contributed by atoms with Gasteiger partial charge in [-0.25, -0.2) is 0 Å². The van der Waals surface area contributed by atoms with Gasteiger partial charge in [-0.15, -0.1) is 0 Å². The Balaban J connectivity index is 2.33. The molecule has 170 valence electrons. The van der Waals surface area contributed by atoms with E-state index in [0.717, 1.165) is 17.8 Å². The lowest BCUT2D eigenvalue weighted by Crippen LogP contribution is -2.45. The highest BCUT2D eigenvalue weighted by molar-refractivity contribution is 5.17. The smallest absolute Gasteiger partial charge is 0.0664 e. The van der Waals surface area contributed by atoms with Gasteiger partial charge in [0.2, 0.25) is 0 Å². The van der Waals surface area contributed by atoms with Gasteiger partial charge in [0, 0.05) is 5.41 Å². The highest BCUT2D eigenvalue weighted by atomic mass is 16.3. The van der Waals surface area contributed by atoms with Gasteiger partial charge >= 0.3 is 0 Å². The molecular formula is C28H52O. The lowest BCUT2D eigenvalue weighted by molar-refractivity contribution is -0.0399. The zero-order valence-electron chi connectivity index (χ0n) is 21.4. The minimum Gasteiger partial charge on any atom is -0.392 e. The van der Waals surface area contributed by atoms with Crippen LogP contribution in [0.2, 0.25) is 0 Å². The SMILES string of the molecule is CCC1CCCC(C)C(C)([C@@H]2CC2C(O)C(C)(C=C(C)C)C(C)(C)C)C(CC)C1. The Bertz CT molecular complexity index is 565. The summed E-state index contributed by atoms with van der Waals surface area (Å²) in [5.41, 5.74) is 1.56. The fourth-order valence-corrected chi connectivity index (χ4v) is 6.91. The first-order valence-electron chi connectivity index (χ1n) is 12.7. The third-order valence-corrected chi connectivity index (χ3v) is 9.74. The van der Waals surface area contributed by atoms with E-state index in [0.29, 0.717) is 17.3 Å². The van der Waals surface area contributed by atoms with Crippen molar-refractivity contribution in [3.05, 3.63) is 11.6 Å². The molecule has 2 aliphatic rings. The van der Waals surface area contributed by atoms with Crippen molar-refractivity contribution < 1.29 is 5.11 Å². The van der Waals surface area contributed by atoms with Crippen LogP contribution in [0.4, 0.5) is 0 Å². The number of rotatable bonds is 6. The molecule has 0 spiro atoms. The largest absolute Gasteiger partial charge is 0.392 e. The fraction of sp³-hybridized carbons (Fsp3) is 0.929. The highest BCUT2D eigenvalue weighted by Gasteiger charge is 2.61. The molecule has 0 aromatic heterocycles. The molecule has 8 atom stereocenters. The maximum Gasteiger partial charge on any atom is 0.0664 e. The summed E-state index contributed by atoms with van der Waals surface area (Å²) in [5, 5.41) is 11.7. The van der Waals surface area contributed by atoms with Crippen molar-refractivity contribution >= 4 is 0 Å². The van der Waals surface area contributed by atoms with Gasteiger partial charge in [-0.1, -0.05) is 99.1 Å². The van der Waals surface area contributed by atoms with Crippen molar-refractivity contribution in [2.24, 2.45) is 45.8 Å². The molecular weight excluding hydrogens is 352 g/mol. The number of hydrogen-bond donors (Lipinski definition) is 1. The van der Waals surface area contributed by atoms with Gasteiger partial charge in [-0.2, -0.15) is 0 Å². The van der Waals surface area contributed by atoms with Gasteiger partial charge in [0.15, 0.2) is 0 Å². The summed E-state index contributed by atoms with van der Waals surface area (Å²) in [4.78, 5) is 0. The number of allylic oxidation sites excluding steroid dienone is 1. The Morgan fingerprint density at radius 1 is 1.07 bits per heavy atom. The van der Waals surface area contributed by atoms with E-state index in [-0.39, 0.29) is 16.9 Å². The van der Waals surface area contributed by atoms with Gasteiger partial charge in [0.1, 0.15) is 0 Å². The van der Waals surface area contributed by atoms with Gasteiger partial charge in [-0.05, 0) is 67.1 Å². The predicted octanol–water partition coefficient (Wildman–Crippen LogP) is 8.27. The third-order valence-electron chi connectivity index (χ3n) is 9.74. The number of aliphatic hydroxyl groups excluding tert-OH is 1. The predicted molar refractivity (Wildman–Crippen MR) is 128 cm³/mol. The molecule has 0 bridgehead atoms. The van der Waals surface area contributed by atoms with Crippen molar-refractivity contribution in [2.75, 3.05) is 0 Å². The molecule has 1 heteroatoms. The Morgan fingerprint density at radius 2 is 1.69 bits per heavy atom. The minimum atomic E-state index is -0.253. The van der Waals surface area contributed by atoms with Gasteiger partial charge in [-0.3, -0.25) is 0 Å². The van der Waals surface area contributed by atoms with Crippen molar-refractivity contribution in [1.29, 1.82) is 0 Å². The van der Waals surface area contributed by atoms with Gasteiger partial charge in [0.25, 0.3) is 0 Å². The molecule has 0 saturated heterocycles. The average Bonchev–Trinajstić information content (AvgIpc) is 3.41. The maximum atomic E-state index is 11.7. The lowest BCUT2D eigenvalue weighted by Gasteiger charge is -2.48. The number of hydrogen-bond acceptors (Lipinski definition) is 1. The van der Waals surface area contributed by atoms with Crippen LogP contribution < -0.4 is 0 Å².